The van der Waals surface area contributed by atoms with Crippen molar-refractivity contribution in [3.63, 3.8) is 0 Å². The quantitative estimate of drug-likeness (QED) is 0.662. The summed E-state index contributed by atoms with van der Waals surface area (Å²) in [7, 11) is 0. The Morgan fingerprint density at radius 3 is 2.59 bits per heavy atom. The van der Waals surface area contributed by atoms with Crippen LogP contribution in [0, 0.1) is 11.8 Å². The van der Waals surface area contributed by atoms with Crippen LogP contribution in [0.1, 0.15) is 39.5 Å². The maximum atomic E-state index is 12.1. The minimum absolute atomic E-state index is 0.120. The van der Waals surface area contributed by atoms with Crippen molar-refractivity contribution >= 4 is 11.9 Å². The molecule has 3 unspecified atom stereocenters. The summed E-state index contributed by atoms with van der Waals surface area (Å²) in [6.07, 6.45) is 3.14. The van der Waals surface area contributed by atoms with Gasteiger partial charge in [-0.25, -0.2) is 4.79 Å². The normalized spacial score (nSPS) is 27.5. The van der Waals surface area contributed by atoms with Gasteiger partial charge in [0.25, 0.3) is 0 Å². The first-order valence-corrected chi connectivity index (χ1v) is 6.20. The molecule has 0 radical (unpaired) electrons. The van der Waals surface area contributed by atoms with Crippen molar-refractivity contribution in [2.75, 3.05) is 6.54 Å². The van der Waals surface area contributed by atoms with Crippen molar-refractivity contribution in [1.29, 1.82) is 0 Å². The summed E-state index contributed by atoms with van der Waals surface area (Å²) in [6, 6.07) is 0. The average molecular weight is 242 g/mol. The third-order valence-electron chi connectivity index (χ3n) is 3.88. The average Bonchev–Trinajstić information content (AvgIpc) is 2.76. The van der Waals surface area contributed by atoms with Crippen LogP contribution in [-0.2, 0) is 9.59 Å². The van der Waals surface area contributed by atoms with E-state index in [1.54, 1.807) is 13.8 Å². The molecule has 1 amide bonds. The van der Waals surface area contributed by atoms with Crippen molar-refractivity contribution in [3.05, 3.63) is 0 Å². The van der Waals surface area contributed by atoms with Gasteiger partial charge >= 0.3 is 5.97 Å². The van der Waals surface area contributed by atoms with Crippen LogP contribution in [0.15, 0.2) is 0 Å². The number of amides is 1. The summed E-state index contributed by atoms with van der Waals surface area (Å²) in [6.45, 7) is 3.79. The molecule has 1 rings (SSSR count). The van der Waals surface area contributed by atoms with E-state index in [4.69, 9.17) is 10.8 Å². The van der Waals surface area contributed by atoms with Crippen LogP contribution >= 0.6 is 0 Å². The molecule has 17 heavy (non-hydrogen) atoms. The number of hydrogen-bond acceptors (Lipinski definition) is 3. The Kier molecular flexibility index (Phi) is 4.51. The standard InChI is InChI=1S/C12H22N2O3/c1-3-12(2,11(16)17)14-10(15)9-6-4-5-8(9)7-13/h8-9H,3-7,13H2,1-2H3,(H,14,15)(H,16,17). The van der Waals surface area contributed by atoms with Crippen LogP contribution in [0.4, 0.5) is 0 Å². The Balaban J connectivity index is 2.68. The Morgan fingerprint density at radius 2 is 2.12 bits per heavy atom. The predicted octanol–water partition coefficient (Wildman–Crippen LogP) is 0.731. The van der Waals surface area contributed by atoms with Gasteiger partial charge in [0, 0.05) is 5.92 Å². The van der Waals surface area contributed by atoms with Crippen molar-refractivity contribution in [3.8, 4) is 0 Å². The Bertz CT molecular complexity index is 306. The molecule has 0 spiro atoms. The molecule has 1 fully saturated rings. The lowest BCUT2D eigenvalue weighted by Crippen LogP contribution is -2.54. The zero-order valence-corrected chi connectivity index (χ0v) is 10.5. The molecule has 1 aliphatic rings. The first kappa shape index (κ1) is 14.0. The summed E-state index contributed by atoms with van der Waals surface area (Å²) in [5, 5.41) is 11.8. The van der Waals surface area contributed by atoms with Gasteiger partial charge in [0.15, 0.2) is 0 Å². The van der Waals surface area contributed by atoms with Crippen LogP contribution in [0.2, 0.25) is 0 Å². The maximum absolute atomic E-state index is 12.1. The number of carbonyl (C=O) groups is 2. The van der Waals surface area contributed by atoms with Gasteiger partial charge in [0.05, 0.1) is 0 Å². The van der Waals surface area contributed by atoms with E-state index in [9.17, 15) is 9.59 Å². The summed E-state index contributed by atoms with van der Waals surface area (Å²) in [5.41, 5.74) is 4.45. The number of carbonyl (C=O) groups excluding carboxylic acids is 1. The second-order valence-corrected chi connectivity index (χ2v) is 5.01. The largest absolute Gasteiger partial charge is 0.480 e. The Labute approximate surface area is 102 Å². The highest BCUT2D eigenvalue weighted by molar-refractivity contribution is 5.88. The number of aliphatic carboxylic acids is 1. The molecule has 98 valence electrons. The first-order valence-electron chi connectivity index (χ1n) is 6.20. The Morgan fingerprint density at radius 1 is 1.47 bits per heavy atom. The molecule has 1 saturated carbocycles. The lowest BCUT2D eigenvalue weighted by molar-refractivity contribution is -0.147. The zero-order valence-electron chi connectivity index (χ0n) is 10.5. The molecule has 1 aliphatic carbocycles. The summed E-state index contributed by atoms with van der Waals surface area (Å²) < 4.78 is 0. The molecule has 0 saturated heterocycles. The van der Waals surface area contributed by atoms with Crippen LogP contribution in [-0.4, -0.2) is 29.1 Å². The van der Waals surface area contributed by atoms with Gasteiger partial charge in [-0.05, 0) is 38.6 Å². The lowest BCUT2D eigenvalue weighted by Gasteiger charge is -2.27. The summed E-state index contributed by atoms with van der Waals surface area (Å²) in [4.78, 5) is 23.2. The molecule has 3 atom stereocenters. The van der Waals surface area contributed by atoms with Gasteiger partial charge in [-0.15, -0.1) is 0 Å². The molecule has 4 N–H and O–H groups in total. The highest BCUT2D eigenvalue weighted by Crippen LogP contribution is 2.31. The third-order valence-corrected chi connectivity index (χ3v) is 3.88. The van der Waals surface area contributed by atoms with Crippen molar-refractivity contribution in [1.82, 2.24) is 5.32 Å². The minimum Gasteiger partial charge on any atom is -0.480 e. The van der Waals surface area contributed by atoms with Gasteiger partial charge in [-0.2, -0.15) is 0 Å². The van der Waals surface area contributed by atoms with E-state index in [0.717, 1.165) is 19.3 Å². The fraction of sp³-hybridized carbons (Fsp3) is 0.833. The van der Waals surface area contributed by atoms with Crippen LogP contribution in [0.3, 0.4) is 0 Å². The predicted molar refractivity (Wildman–Crippen MR) is 64.4 cm³/mol. The number of rotatable bonds is 5. The monoisotopic (exact) mass is 242 g/mol. The van der Waals surface area contributed by atoms with Gasteiger partial charge in [0.1, 0.15) is 5.54 Å². The fourth-order valence-corrected chi connectivity index (χ4v) is 2.32. The van der Waals surface area contributed by atoms with E-state index in [-0.39, 0.29) is 17.7 Å². The van der Waals surface area contributed by atoms with Gasteiger partial charge in [-0.3, -0.25) is 4.79 Å². The highest BCUT2D eigenvalue weighted by Gasteiger charge is 2.38. The summed E-state index contributed by atoms with van der Waals surface area (Å²) in [5.74, 6) is -1.07. The van der Waals surface area contributed by atoms with Gasteiger partial charge < -0.3 is 16.2 Å². The molecule has 0 aromatic rings. The fourth-order valence-electron chi connectivity index (χ4n) is 2.32. The molecule has 0 aliphatic heterocycles. The van der Waals surface area contributed by atoms with E-state index < -0.39 is 11.5 Å². The van der Waals surface area contributed by atoms with Crippen LogP contribution in [0.25, 0.3) is 0 Å². The molecule has 0 aromatic carbocycles. The summed E-state index contributed by atoms with van der Waals surface area (Å²) >= 11 is 0. The number of hydrogen-bond donors (Lipinski definition) is 3. The van der Waals surface area contributed by atoms with Crippen LogP contribution < -0.4 is 11.1 Å². The lowest BCUT2D eigenvalue weighted by atomic mass is 9.92. The number of carboxylic acid groups (broad SMARTS) is 1. The van der Waals surface area contributed by atoms with E-state index in [0.29, 0.717) is 13.0 Å². The van der Waals surface area contributed by atoms with E-state index in [1.165, 1.54) is 0 Å². The smallest absolute Gasteiger partial charge is 0.329 e. The molecular weight excluding hydrogens is 220 g/mol. The molecule has 0 bridgehead atoms. The molecule has 5 nitrogen and oxygen atoms in total. The van der Waals surface area contributed by atoms with Gasteiger partial charge in [-0.1, -0.05) is 13.3 Å². The highest BCUT2D eigenvalue weighted by atomic mass is 16.4. The number of carboxylic acids is 1. The zero-order chi connectivity index (χ0) is 13.1. The van der Waals surface area contributed by atoms with Gasteiger partial charge in [0.2, 0.25) is 5.91 Å². The van der Waals surface area contributed by atoms with Crippen molar-refractivity contribution < 1.29 is 14.7 Å². The van der Waals surface area contributed by atoms with E-state index in [1.807, 2.05) is 0 Å². The SMILES string of the molecule is CCC(C)(NC(=O)C1CCCC1CN)C(=O)O. The second-order valence-electron chi connectivity index (χ2n) is 5.01. The molecule has 0 aromatic heterocycles. The van der Waals surface area contributed by atoms with Crippen molar-refractivity contribution in [2.24, 2.45) is 17.6 Å². The van der Waals surface area contributed by atoms with E-state index >= 15 is 0 Å². The molecule has 0 heterocycles. The van der Waals surface area contributed by atoms with E-state index in [2.05, 4.69) is 5.32 Å². The number of nitrogens with one attached hydrogen (secondary N) is 1. The molecule has 5 heteroatoms. The Hall–Kier alpha value is -1.10. The first-order chi connectivity index (χ1) is 7.94. The van der Waals surface area contributed by atoms with Crippen molar-refractivity contribution in [2.45, 2.75) is 45.1 Å². The topological polar surface area (TPSA) is 92.4 Å². The van der Waals surface area contributed by atoms with Crippen LogP contribution in [0.5, 0.6) is 0 Å². The number of nitrogens with two attached hydrogens (primary N) is 1. The third kappa shape index (κ3) is 2.97. The molecular formula is C12H22N2O3. The second kappa shape index (κ2) is 5.49. The minimum atomic E-state index is -1.17. The maximum Gasteiger partial charge on any atom is 0.329 e.